The molecule has 5 heterocycles. The van der Waals surface area contributed by atoms with E-state index >= 15 is 0 Å². The van der Waals surface area contributed by atoms with Crippen molar-refractivity contribution in [1.29, 1.82) is 0 Å². The van der Waals surface area contributed by atoms with Gasteiger partial charge in [0.2, 0.25) is 0 Å². The van der Waals surface area contributed by atoms with E-state index in [2.05, 4.69) is 78.3 Å². The normalized spacial score (nSPS) is 9.85. The summed E-state index contributed by atoms with van der Waals surface area (Å²) in [5.74, 6) is 0.796. The van der Waals surface area contributed by atoms with Gasteiger partial charge >= 0.3 is 19.8 Å². The Kier molecular flexibility index (Phi) is 14.1. The summed E-state index contributed by atoms with van der Waals surface area (Å²) in [4.78, 5) is 21.5. The van der Waals surface area contributed by atoms with E-state index in [1.54, 1.807) is 12.3 Å². The second kappa shape index (κ2) is 18.2. The molecule has 0 bridgehead atoms. The maximum absolute atomic E-state index is 5.48. The maximum Gasteiger partial charge on any atom is 1.00 e. The summed E-state index contributed by atoms with van der Waals surface area (Å²) in [6, 6.07) is 29.0. The van der Waals surface area contributed by atoms with Crippen molar-refractivity contribution in [2.24, 2.45) is 0 Å². The molecule has 0 aliphatic heterocycles. The van der Waals surface area contributed by atoms with Gasteiger partial charge in [0.05, 0.1) is 22.8 Å². The first kappa shape index (κ1) is 35.6. The number of rotatable bonds is 6. The van der Waals surface area contributed by atoms with Crippen molar-refractivity contribution in [3.05, 3.63) is 156 Å². The van der Waals surface area contributed by atoms with E-state index in [0.29, 0.717) is 6.61 Å². The molecule has 233 valence electrons. The third kappa shape index (κ3) is 11.3. The van der Waals surface area contributed by atoms with Crippen LogP contribution in [0.25, 0.3) is 34.0 Å². The van der Waals surface area contributed by atoms with Gasteiger partial charge in [0.15, 0.2) is 0 Å². The molecule has 6 nitrogen and oxygen atoms in total. The van der Waals surface area contributed by atoms with Crippen LogP contribution in [0.4, 0.5) is 0 Å². The molecule has 0 aliphatic rings. The van der Waals surface area contributed by atoms with Crippen LogP contribution in [0.5, 0.6) is 5.75 Å². The number of ether oxygens (including phenoxy) is 1. The van der Waals surface area contributed by atoms with Crippen LogP contribution in [-0.4, -0.2) is 31.5 Å². The first-order chi connectivity index (χ1) is 21.8. The van der Waals surface area contributed by atoms with Crippen LogP contribution in [0.15, 0.2) is 123 Å². The standard InChI is InChI=1S/C15H14NO.2C12H12N2.Os/c1-3-9-17-14-7-8-16-15(11-14)13-6-4-5-12(2)10-13;2*1-9-3-5-13-11(7-9)12-8-10(2)4-6-14-12;/h3-5,7-8,10-11H,1,9H2,2H3;2*3-8H,1-2H3;/q-1;;;+1. The van der Waals surface area contributed by atoms with Gasteiger partial charge in [0.1, 0.15) is 12.4 Å². The van der Waals surface area contributed by atoms with Gasteiger partial charge in [-0.05, 0) is 116 Å². The van der Waals surface area contributed by atoms with Crippen molar-refractivity contribution < 1.29 is 24.5 Å². The largest absolute Gasteiger partial charge is 1.00 e. The van der Waals surface area contributed by atoms with Crippen molar-refractivity contribution in [2.45, 2.75) is 34.6 Å². The summed E-state index contributed by atoms with van der Waals surface area (Å²) < 4.78 is 5.48. The first-order valence-electron chi connectivity index (χ1n) is 14.7. The summed E-state index contributed by atoms with van der Waals surface area (Å²) in [6.07, 6.45) is 10.7. The molecule has 0 amide bonds. The average Bonchev–Trinajstić information content (AvgIpc) is 3.05. The summed E-state index contributed by atoms with van der Waals surface area (Å²) in [5.41, 5.74) is 11.6. The molecule has 0 fully saturated rings. The number of benzene rings is 1. The number of aryl methyl sites for hydroxylation is 5. The van der Waals surface area contributed by atoms with Crippen molar-refractivity contribution in [2.75, 3.05) is 6.61 Å². The van der Waals surface area contributed by atoms with Crippen molar-refractivity contribution in [1.82, 2.24) is 24.9 Å². The Morgan fingerprint density at radius 2 is 0.935 bits per heavy atom. The van der Waals surface area contributed by atoms with E-state index in [0.717, 1.165) is 39.8 Å². The molecule has 0 unspecified atom stereocenters. The minimum Gasteiger partial charge on any atom is -0.490 e. The van der Waals surface area contributed by atoms with Crippen LogP contribution >= 0.6 is 0 Å². The molecule has 5 aromatic heterocycles. The zero-order valence-electron chi connectivity index (χ0n) is 26.9. The molecule has 6 aromatic rings. The van der Waals surface area contributed by atoms with Crippen LogP contribution in [0.2, 0.25) is 0 Å². The van der Waals surface area contributed by atoms with E-state index < -0.39 is 0 Å². The Hall–Kier alpha value is -4.85. The van der Waals surface area contributed by atoms with E-state index in [1.807, 2.05) is 97.6 Å². The van der Waals surface area contributed by atoms with E-state index in [-0.39, 0.29) is 19.8 Å². The van der Waals surface area contributed by atoms with Gasteiger partial charge in [-0.15, -0.1) is 35.4 Å². The zero-order chi connectivity index (χ0) is 32.0. The van der Waals surface area contributed by atoms with Gasteiger partial charge in [-0.3, -0.25) is 19.9 Å². The molecule has 7 heteroatoms. The fourth-order valence-electron chi connectivity index (χ4n) is 4.24. The minimum atomic E-state index is 0. The Morgan fingerprint density at radius 1 is 0.543 bits per heavy atom. The quantitative estimate of drug-likeness (QED) is 0.124. The topological polar surface area (TPSA) is 73.7 Å². The smallest absolute Gasteiger partial charge is 0.490 e. The number of hydrogen-bond acceptors (Lipinski definition) is 6. The Balaban J connectivity index is 0.000000187. The number of nitrogens with zero attached hydrogens (tertiary/aromatic N) is 5. The monoisotopic (exact) mass is 784 g/mol. The fourth-order valence-corrected chi connectivity index (χ4v) is 4.24. The van der Waals surface area contributed by atoms with Crippen molar-refractivity contribution >= 4 is 0 Å². The van der Waals surface area contributed by atoms with Gasteiger partial charge < -0.3 is 9.72 Å². The summed E-state index contributed by atoms with van der Waals surface area (Å²) in [7, 11) is 0. The van der Waals surface area contributed by atoms with Gasteiger partial charge in [-0.2, -0.15) is 0 Å². The molecule has 6 rings (SSSR count). The van der Waals surface area contributed by atoms with Gasteiger partial charge in [-0.25, -0.2) is 0 Å². The SMILES string of the molecule is C=CCOc1ccnc(-c2[c-]ccc(C)c2)c1.Cc1ccnc(-c2cc(C)ccn2)c1.Cc1ccnc(-c2cc(C)ccn2)c1.[Os+]. The Labute approximate surface area is 285 Å². The fraction of sp³-hybridized carbons (Fsp3) is 0.154. The zero-order valence-corrected chi connectivity index (χ0v) is 29.4. The van der Waals surface area contributed by atoms with Gasteiger partial charge in [0, 0.05) is 31.0 Å². The third-order valence-corrected chi connectivity index (χ3v) is 6.52. The molecule has 0 saturated carbocycles. The van der Waals surface area contributed by atoms with Crippen LogP contribution < -0.4 is 4.74 Å². The maximum atomic E-state index is 5.48. The van der Waals surface area contributed by atoms with E-state index in [1.165, 1.54) is 27.8 Å². The number of pyridine rings is 5. The molecular weight excluding hydrogens is 745 g/mol. The minimum absolute atomic E-state index is 0. The molecule has 0 spiro atoms. The average molecular weight is 783 g/mol. The first-order valence-corrected chi connectivity index (χ1v) is 14.7. The summed E-state index contributed by atoms with van der Waals surface area (Å²) in [5, 5.41) is 0. The molecular formula is C39H38N5OOs. The van der Waals surface area contributed by atoms with Gasteiger partial charge in [0.25, 0.3) is 0 Å². The third-order valence-electron chi connectivity index (χ3n) is 6.52. The molecule has 1 aromatic carbocycles. The van der Waals surface area contributed by atoms with Crippen LogP contribution in [0, 0.1) is 40.7 Å². The number of aromatic nitrogens is 5. The molecule has 0 N–H and O–H groups in total. The Morgan fingerprint density at radius 3 is 1.33 bits per heavy atom. The van der Waals surface area contributed by atoms with Crippen LogP contribution in [-0.2, 0) is 19.8 Å². The predicted molar refractivity (Wildman–Crippen MR) is 183 cm³/mol. The van der Waals surface area contributed by atoms with Crippen LogP contribution in [0.1, 0.15) is 27.8 Å². The molecule has 0 saturated heterocycles. The molecule has 0 atom stereocenters. The second-order valence-electron chi connectivity index (χ2n) is 10.6. The summed E-state index contributed by atoms with van der Waals surface area (Å²) in [6.45, 7) is 14.4. The van der Waals surface area contributed by atoms with Crippen LogP contribution in [0.3, 0.4) is 0 Å². The van der Waals surface area contributed by atoms with Crippen molar-refractivity contribution in [3.8, 4) is 39.8 Å². The van der Waals surface area contributed by atoms with E-state index in [9.17, 15) is 0 Å². The molecule has 1 radical (unpaired) electrons. The van der Waals surface area contributed by atoms with Crippen molar-refractivity contribution in [3.63, 3.8) is 0 Å². The van der Waals surface area contributed by atoms with E-state index in [4.69, 9.17) is 4.74 Å². The molecule has 0 aliphatic carbocycles. The summed E-state index contributed by atoms with van der Waals surface area (Å²) >= 11 is 0. The number of hydrogen-bond donors (Lipinski definition) is 0. The Bertz CT molecular complexity index is 1680. The second-order valence-corrected chi connectivity index (χ2v) is 10.6. The molecule has 46 heavy (non-hydrogen) atoms. The van der Waals surface area contributed by atoms with Gasteiger partial charge in [-0.1, -0.05) is 19.6 Å². The predicted octanol–water partition coefficient (Wildman–Crippen LogP) is 8.94.